The highest BCUT2D eigenvalue weighted by Crippen LogP contribution is 2.35. The molecule has 0 atom stereocenters. The molecular weight excluding hydrogens is 444 g/mol. The quantitative estimate of drug-likeness (QED) is 0.401. The molecular formula is C24H26N2O8. The van der Waals surface area contributed by atoms with Crippen molar-refractivity contribution in [2.45, 2.75) is 0 Å². The van der Waals surface area contributed by atoms with Crippen LogP contribution in [-0.2, 0) is 19.1 Å². The number of rotatable bonds is 10. The topological polar surface area (TPSA) is 121 Å². The second-order valence-corrected chi connectivity index (χ2v) is 6.53. The van der Waals surface area contributed by atoms with Crippen LogP contribution in [0.15, 0.2) is 48.6 Å². The number of carbonyl (C=O) groups excluding carboxylic acids is 3. The maximum Gasteiger partial charge on any atom is 0.330 e. The molecule has 0 radical (unpaired) electrons. The van der Waals surface area contributed by atoms with E-state index in [2.05, 4.69) is 15.4 Å². The Labute approximate surface area is 197 Å². The minimum Gasteiger partial charge on any atom is -0.496 e. The van der Waals surface area contributed by atoms with Gasteiger partial charge in [0, 0.05) is 36.0 Å². The number of methoxy groups -OCH3 is 5. The molecule has 0 heterocycles. The molecule has 10 heteroatoms. The van der Waals surface area contributed by atoms with E-state index >= 15 is 0 Å². The Bertz CT molecular complexity index is 1080. The van der Waals surface area contributed by atoms with E-state index in [1.54, 1.807) is 30.3 Å². The Morgan fingerprint density at radius 3 is 1.88 bits per heavy atom. The van der Waals surface area contributed by atoms with E-state index < -0.39 is 17.8 Å². The van der Waals surface area contributed by atoms with E-state index in [0.29, 0.717) is 39.9 Å². The summed E-state index contributed by atoms with van der Waals surface area (Å²) in [6.07, 6.45) is 4.87. The molecule has 0 aliphatic rings. The Morgan fingerprint density at radius 1 is 0.706 bits per heavy atom. The van der Waals surface area contributed by atoms with Gasteiger partial charge in [0.15, 0.2) is 0 Å². The maximum atomic E-state index is 12.5. The van der Waals surface area contributed by atoms with Crippen molar-refractivity contribution in [2.24, 2.45) is 0 Å². The smallest absolute Gasteiger partial charge is 0.330 e. The zero-order chi connectivity index (χ0) is 25.1. The van der Waals surface area contributed by atoms with Crippen molar-refractivity contribution in [3.05, 3.63) is 54.1 Å². The number of anilines is 2. The molecule has 2 amide bonds. The third-order valence-electron chi connectivity index (χ3n) is 4.45. The van der Waals surface area contributed by atoms with Gasteiger partial charge in [-0.3, -0.25) is 9.59 Å². The average Bonchev–Trinajstić information content (AvgIpc) is 2.85. The van der Waals surface area contributed by atoms with Gasteiger partial charge in [-0.2, -0.15) is 0 Å². The summed E-state index contributed by atoms with van der Waals surface area (Å²) in [7, 11) is 7.16. The van der Waals surface area contributed by atoms with Crippen molar-refractivity contribution >= 4 is 35.2 Å². The lowest BCUT2D eigenvalue weighted by Crippen LogP contribution is -2.12. The molecule has 2 rings (SSSR count). The summed E-state index contributed by atoms with van der Waals surface area (Å²) in [5.41, 5.74) is 1.25. The molecule has 0 aromatic heterocycles. The number of amides is 2. The van der Waals surface area contributed by atoms with E-state index in [1.807, 2.05) is 0 Å². The predicted octanol–water partition coefficient (Wildman–Crippen LogP) is 3.04. The summed E-state index contributed by atoms with van der Waals surface area (Å²) < 4.78 is 25.6. The van der Waals surface area contributed by atoms with Gasteiger partial charge in [0.25, 0.3) is 0 Å². The van der Waals surface area contributed by atoms with Gasteiger partial charge in [0.1, 0.15) is 23.0 Å². The van der Waals surface area contributed by atoms with Crippen LogP contribution in [0, 0.1) is 0 Å². The van der Waals surface area contributed by atoms with Gasteiger partial charge in [0.2, 0.25) is 11.8 Å². The number of hydrogen-bond donors (Lipinski definition) is 2. The lowest BCUT2D eigenvalue weighted by Gasteiger charge is -2.13. The van der Waals surface area contributed by atoms with Crippen LogP contribution >= 0.6 is 0 Å². The molecule has 0 spiro atoms. The molecule has 180 valence electrons. The second kappa shape index (κ2) is 12.5. The number of ether oxygens (including phenoxy) is 5. The van der Waals surface area contributed by atoms with Gasteiger partial charge in [-0.05, 0) is 24.3 Å². The van der Waals surface area contributed by atoms with Crippen LogP contribution in [0.1, 0.15) is 5.56 Å². The first-order chi connectivity index (χ1) is 16.3. The minimum absolute atomic E-state index is 0.294. The van der Waals surface area contributed by atoms with E-state index in [-0.39, 0.29) is 0 Å². The van der Waals surface area contributed by atoms with Gasteiger partial charge in [0.05, 0.1) is 46.8 Å². The zero-order valence-corrected chi connectivity index (χ0v) is 19.5. The van der Waals surface area contributed by atoms with Crippen LogP contribution in [0.4, 0.5) is 11.4 Å². The normalized spacial score (nSPS) is 10.6. The largest absolute Gasteiger partial charge is 0.496 e. The Balaban J connectivity index is 2.20. The SMILES string of the molecule is COC(=O)/C=C\C(=O)Nc1cc(NC(=O)/C=C/c2c(OC)cc(OC)cc2OC)ccc1OC. The Hall–Kier alpha value is -4.47. The molecule has 2 aromatic rings. The molecule has 0 aliphatic carbocycles. The second-order valence-electron chi connectivity index (χ2n) is 6.53. The number of hydrogen-bond acceptors (Lipinski definition) is 8. The zero-order valence-electron chi connectivity index (χ0n) is 19.5. The van der Waals surface area contributed by atoms with Gasteiger partial charge in [-0.1, -0.05) is 0 Å². The molecule has 0 saturated carbocycles. The highest BCUT2D eigenvalue weighted by Gasteiger charge is 2.12. The van der Waals surface area contributed by atoms with Crippen LogP contribution in [0.3, 0.4) is 0 Å². The summed E-state index contributed by atoms with van der Waals surface area (Å²) in [5, 5.41) is 5.28. The number of carbonyl (C=O) groups is 3. The van der Waals surface area contributed by atoms with Crippen molar-refractivity contribution in [3.8, 4) is 23.0 Å². The molecule has 2 aromatic carbocycles. The first kappa shape index (κ1) is 25.8. The van der Waals surface area contributed by atoms with Crippen LogP contribution in [-0.4, -0.2) is 53.3 Å². The fourth-order valence-electron chi connectivity index (χ4n) is 2.81. The van der Waals surface area contributed by atoms with Crippen molar-refractivity contribution < 1.29 is 38.1 Å². The predicted molar refractivity (Wildman–Crippen MR) is 127 cm³/mol. The van der Waals surface area contributed by atoms with Crippen LogP contribution in [0.25, 0.3) is 6.08 Å². The summed E-state index contributed by atoms with van der Waals surface area (Å²) in [5.74, 6) is 0.161. The van der Waals surface area contributed by atoms with Crippen LogP contribution in [0.2, 0.25) is 0 Å². The van der Waals surface area contributed by atoms with E-state index in [1.165, 1.54) is 47.7 Å². The molecule has 0 aliphatic heterocycles. The number of esters is 1. The molecule has 0 unspecified atom stereocenters. The van der Waals surface area contributed by atoms with Crippen LogP contribution in [0.5, 0.6) is 23.0 Å². The van der Waals surface area contributed by atoms with E-state index in [0.717, 1.165) is 12.2 Å². The molecule has 0 bridgehead atoms. The lowest BCUT2D eigenvalue weighted by atomic mass is 10.1. The van der Waals surface area contributed by atoms with Crippen LogP contribution < -0.4 is 29.6 Å². The molecule has 0 saturated heterocycles. The van der Waals surface area contributed by atoms with Gasteiger partial charge >= 0.3 is 5.97 Å². The fraction of sp³-hybridized carbons (Fsp3) is 0.208. The van der Waals surface area contributed by atoms with E-state index in [4.69, 9.17) is 18.9 Å². The molecule has 10 nitrogen and oxygen atoms in total. The van der Waals surface area contributed by atoms with Crippen molar-refractivity contribution in [1.82, 2.24) is 0 Å². The van der Waals surface area contributed by atoms with Gasteiger partial charge in [-0.25, -0.2) is 4.79 Å². The number of benzene rings is 2. The van der Waals surface area contributed by atoms with Crippen molar-refractivity contribution in [2.75, 3.05) is 46.2 Å². The summed E-state index contributed by atoms with van der Waals surface area (Å²) in [4.78, 5) is 35.7. The third kappa shape index (κ3) is 7.02. The molecule has 0 fully saturated rings. The Morgan fingerprint density at radius 2 is 1.32 bits per heavy atom. The molecule has 34 heavy (non-hydrogen) atoms. The highest BCUT2D eigenvalue weighted by molar-refractivity contribution is 6.05. The summed E-state index contributed by atoms with van der Waals surface area (Å²) >= 11 is 0. The van der Waals surface area contributed by atoms with Gasteiger partial charge < -0.3 is 34.3 Å². The first-order valence-corrected chi connectivity index (χ1v) is 9.89. The standard InChI is InChI=1S/C24H26N2O8/c1-30-16-13-20(32-3)17(21(14-16)33-4)7-9-22(27)25-15-6-8-19(31-2)18(12-15)26-23(28)10-11-24(29)34-5/h6-14H,1-5H3,(H,25,27)(H,26,28)/b9-7+,11-10-. The van der Waals surface area contributed by atoms with Crippen molar-refractivity contribution in [3.63, 3.8) is 0 Å². The van der Waals surface area contributed by atoms with E-state index in [9.17, 15) is 14.4 Å². The average molecular weight is 470 g/mol. The van der Waals surface area contributed by atoms with Crippen molar-refractivity contribution in [1.29, 1.82) is 0 Å². The minimum atomic E-state index is -0.667. The third-order valence-corrected chi connectivity index (χ3v) is 4.45. The highest BCUT2D eigenvalue weighted by atomic mass is 16.5. The molecule has 2 N–H and O–H groups in total. The van der Waals surface area contributed by atoms with Gasteiger partial charge in [-0.15, -0.1) is 0 Å². The number of nitrogens with one attached hydrogen (secondary N) is 2. The monoisotopic (exact) mass is 470 g/mol. The first-order valence-electron chi connectivity index (χ1n) is 9.89. The Kier molecular flexibility index (Phi) is 9.51. The fourth-order valence-corrected chi connectivity index (χ4v) is 2.81. The lowest BCUT2D eigenvalue weighted by molar-refractivity contribution is -0.135. The maximum absolute atomic E-state index is 12.5. The summed E-state index contributed by atoms with van der Waals surface area (Å²) in [6, 6.07) is 8.05. The summed E-state index contributed by atoms with van der Waals surface area (Å²) in [6.45, 7) is 0.